The zero-order chi connectivity index (χ0) is 32.0. The Morgan fingerprint density at radius 1 is 1.09 bits per heavy atom. The number of anilines is 1. The second-order valence-electron chi connectivity index (χ2n) is 11.7. The lowest BCUT2D eigenvalue weighted by molar-refractivity contribution is -0.163. The number of hydrogen-bond donors (Lipinski definition) is 3. The molecule has 0 heterocycles. The van der Waals surface area contributed by atoms with Gasteiger partial charge in [-0.1, -0.05) is 13.3 Å². The van der Waals surface area contributed by atoms with Crippen LogP contribution in [-0.2, 0) is 35.1 Å². The number of likely N-dealkylation sites (N-methyl/N-ethyl adjacent to an activating group) is 1. The molecule has 1 fully saturated rings. The van der Waals surface area contributed by atoms with Gasteiger partial charge < -0.3 is 24.6 Å². The predicted octanol–water partition coefficient (Wildman–Crippen LogP) is 1.69. The molecule has 1 aromatic carbocycles. The van der Waals surface area contributed by atoms with Crippen molar-refractivity contribution in [3.63, 3.8) is 0 Å². The molecule has 232 valence electrons. The Labute approximate surface area is 250 Å². The van der Waals surface area contributed by atoms with Gasteiger partial charge in [0, 0.05) is 45.1 Å². The minimum absolute atomic E-state index is 0.0375. The van der Waals surface area contributed by atoms with E-state index in [9.17, 15) is 34.2 Å². The van der Waals surface area contributed by atoms with Crippen LogP contribution in [-0.4, -0.2) is 90.9 Å². The van der Waals surface area contributed by atoms with E-state index in [2.05, 4.69) is 0 Å². The molecule has 43 heavy (non-hydrogen) atoms. The van der Waals surface area contributed by atoms with Crippen LogP contribution in [0.5, 0.6) is 5.75 Å². The van der Waals surface area contributed by atoms with E-state index in [1.807, 2.05) is 37.3 Å². The summed E-state index contributed by atoms with van der Waals surface area (Å²) in [6, 6.07) is 2.52. The molecule has 4 rings (SSSR count). The molecule has 0 radical (unpaired) electrons. The molecule has 0 spiro atoms. The van der Waals surface area contributed by atoms with Gasteiger partial charge in [-0.15, -0.1) is 0 Å². The van der Waals surface area contributed by atoms with E-state index >= 15 is 0 Å². The summed E-state index contributed by atoms with van der Waals surface area (Å²) >= 11 is 0. The molecule has 0 aromatic heterocycles. The SMILES string of the molecule is CCCCOc1ccc(N(C)C)c2c1C(O)=C1C(=O)[C@]3(O)C(=O)C(C(=O)NC(C)=O)=C(OC(C)=O)C(N(C)C)[C@@H]3C[C@@H]1C2. The summed E-state index contributed by atoms with van der Waals surface area (Å²) in [4.78, 5) is 68.9. The van der Waals surface area contributed by atoms with Gasteiger partial charge in [-0.2, -0.15) is 0 Å². The van der Waals surface area contributed by atoms with Crippen LogP contribution in [0.4, 0.5) is 5.69 Å². The number of esters is 1. The van der Waals surface area contributed by atoms with Gasteiger partial charge >= 0.3 is 5.97 Å². The number of hydrogen-bond acceptors (Lipinski definition) is 11. The first kappa shape index (κ1) is 31.9. The van der Waals surface area contributed by atoms with E-state index < -0.39 is 64.2 Å². The number of ketones is 2. The molecule has 4 atom stereocenters. The number of ether oxygens (including phenoxy) is 2. The number of benzene rings is 1. The summed E-state index contributed by atoms with van der Waals surface area (Å²) < 4.78 is 11.4. The Morgan fingerprint density at radius 2 is 1.77 bits per heavy atom. The zero-order valence-electron chi connectivity index (χ0n) is 25.6. The summed E-state index contributed by atoms with van der Waals surface area (Å²) in [5, 5.41) is 25.8. The van der Waals surface area contributed by atoms with Gasteiger partial charge in [0.05, 0.1) is 18.2 Å². The Bertz CT molecular complexity index is 1460. The van der Waals surface area contributed by atoms with Gasteiger partial charge in [0.25, 0.3) is 5.91 Å². The van der Waals surface area contributed by atoms with Crippen LogP contribution in [0.1, 0.15) is 51.2 Å². The molecule has 2 amide bonds. The van der Waals surface area contributed by atoms with E-state index in [0.29, 0.717) is 24.3 Å². The quantitative estimate of drug-likeness (QED) is 0.173. The summed E-state index contributed by atoms with van der Waals surface area (Å²) in [5.41, 5.74) is -1.84. The second kappa shape index (κ2) is 11.9. The number of aliphatic hydroxyl groups excluding tert-OH is 1. The zero-order valence-corrected chi connectivity index (χ0v) is 25.6. The monoisotopic (exact) mass is 597 g/mol. The molecule has 3 aliphatic carbocycles. The molecular weight excluding hydrogens is 558 g/mol. The highest BCUT2D eigenvalue weighted by Crippen LogP contribution is 2.53. The van der Waals surface area contributed by atoms with Crippen LogP contribution < -0.4 is 15.0 Å². The highest BCUT2D eigenvalue weighted by Gasteiger charge is 2.65. The fourth-order valence-electron chi connectivity index (χ4n) is 6.53. The topological polar surface area (TPSA) is 163 Å². The van der Waals surface area contributed by atoms with Crippen molar-refractivity contribution in [3.8, 4) is 5.75 Å². The smallest absolute Gasteiger partial charge is 0.307 e. The number of carbonyl (C=O) groups excluding carboxylic acids is 5. The molecule has 1 aromatic rings. The van der Waals surface area contributed by atoms with Gasteiger partial charge in [0.2, 0.25) is 17.5 Å². The molecule has 1 saturated carbocycles. The molecule has 3 aliphatic rings. The van der Waals surface area contributed by atoms with E-state index in [-0.39, 0.29) is 17.8 Å². The van der Waals surface area contributed by atoms with Crippen LogP contribution in [0.15, 0.2) is 29.0 Å². The molecule has 12 nitrogen and oxygen atoms in total. The lowest BCUT2D eigenvalue weighted by atomic mass is 9.57. The number of rotatable bonds is 8. The summed E-state index contributed by atoms with van der Waals surface area (Å²) in [7, 11) is 6.91. The minimum Gasteiger partial charge on any atom is -0.507 e. The number of Topliss-reactive ketones (excluding diaryl/α,β-unsaturated/α-hetero) is 2. The second-order valence-corrected chi connectivity index (χ2v) is 11.7. The average molecular weight is 598 g/mol. The first-order chi connectivity index (χ1) is 20.2. The van der Waals surface area contributed by atoms with Crippen molar-refractivity contribution in [1.29, 1.82) is 0 Å². The average Bonchev–Trinajstić information content (AvgIpc) is 2.89. The number of nitrogens with zero attached hydrogens (tertiary/aromatic N) is 2. The molecule has 0 aliphatic heterocycles. The van der Waals surface area contributed by atoms with Crippen LogP contribution in [0.2, 0.25) is 0 Å². The third kappa shape index (κ3) is 5.33. The molecule has 0 bridgehead atoms. The van der Waals surface area contributed by atoms with Crippen molar-refractivity contribution in [2.45, 2.75) is 58.1 Å². The van der Waals surface area contributed by atoms with Gasteiger partial charge in [0.15, 0.2) is 5.60 Å². The normalized spacial score (nSPS) is 24.7. The van der Waals surface area contributed by atoms with Crippen molar-refractivity contribution in [1.82, 2.24) is 10.2 Å². The largest absolute Gasteiger partial charge is 0.507 e. The third-order valence-electron chi connectivity index (χ3n) is 8.30. The Kier molecular flexibility index (Phi) is 8.85. The lowest BCUT2D eigenvalue weighted by Crippen LogP contribution is -2.67. The van der Waals surface area contributed by atoms with Gasteiger partial charge in [-0.25, -0.2) is 0 Å². The van der Waals surface area contributed by atoms with Crippen molar-refractivity contribution in [2.24, 2.45) is 11.8 Å². The van der Waals surface area contributed by atoms with Crippen LogP contribution in [0.25, 0.3) is 5.76 Å². The fraction of sp³-hybridized carbons (Fsp3) is 0.516. The maximum Gasteiger partial charge on any atom is 0.307 e. The molecule has 0 saturated heterocycles. The van der Waals surface area contributed by atoms with Crippen molar-refractivity contribution in [2.75, 3.05) is 39.7 Å². The fourth-order valence-corrected chi connectivity index (χ4v) is 6.53. The molecule has 12 heteroatoms. The number of imide groups is 1. The van der Waals surface area contributed by atoms with Crippen LogP contribution in [0.3, 0.4) is 0 Å². The number of carbonyl (C=O) groups is 5. The lowest BCUT2D eigenvalue weighted by Gasteiger charge is -2.50. The van der Waals surface area contributed by atoms with Crippen LogP contribution in [0, 0.1) is 11.8 Å². The standard InChI is InChI=1S/C31H39N3O9/c1-8-9-12-42-21-11-10-20(33(4)5)18-13-17-14-19-25(34(6)7)27(43-16(3)36)24(30(40)32-15(2)35)29(39)31(19,41)28(38)22(17)26(37)23(18)21/h10-11,17,19,25,37,41H,8-9,12-14H2,1-7H3,(H,32,35,40)/t17-,19-,25?,31-/m0/s1. The maximum atomic E-state index is 14.3. The minimum atomic E-state index is -2.79. The number of amides is 2. The number of unbranched alkanes of at least 4 members (excludes halogenated alkanes) is 1. The van der Waals surface area contributed by atoms with E-state index in [1.165, 1.54) is 0 Å². The number of aliphatic hydroxyl groups is 2. The van der Waals surface area contributed by atoms with E-state index in [0.717, 1.165) is 37.9 Å². The first-order valence-corrected chi connectivity index (χ1v) is 14.3. The van der Waals surface area contributed by atoms with Gasteiger partial charge in [-0.3, -0.25) is 34.2 Å². The van der Waals surface area contributed by atoms with Crippen molar-refractivity contribution < 1.29 is 43.7 Å². The first-order valence-electron chi connectivity index (χ1n) is 14.3. The summed E-state index contributed by atoms with van der Waals surface area (Å²) in [5.74, 6) is -7.32. The summed E-state index contributed by atoms with van der Waals surface area (Å²) in [6.07, 6.45) is 1.99. The Balaban J connectivity index is 1.96. The predicted molar refractivity (Wildman–Crippen MR) is 156 cm³/mol. The summed E-state index contributed by atoms with van der Waals surface area (Å²) in [6.45, 7) is 4.55. The number of nitrogens with one attached hydrogen (secondary N) is 1. The molecule has 1 unspecified atom stereocenters. The number of fused-ring (bicyclic) bond motifs is 3. The molecule has 3 N–H and O–H groups in total. The Morgan fingerprint density at radius 3 is 2.33 bits per heavy atom. The highest BCUT2D eigenvalue weighted by molar-refractivity contribution is 6.34. The van der Waals surface area contributed by atoms with E-state index in [1.54, 1.807) is 25.1 Å². The van der Waals surface area contributed by atoms with Gasteiger partial charge in [0.1, 0.15) is 22.8 Å². The maximum absolute atomic E-state index is 14.3. The Hall–Kier alpha value is -4.03. The highest BCUT2D eigenvalue weighted by atomic mass is 16.5. The van der Waals surface area contributed by atoms with Crippen LogP contribution >= 0.6 is 0 Å². The van der Waals surface area contributed by atoms with Crippen molar-refractivity contribution >= 4 is 40.8 Å². The van der Waals surface area contributed by atoms with Gasteiger partial charge in [-0.05, 0) is 57.0 Å². The molecular formula is C31H39N3O9. The third-order valence-corrected chi connectivity index (χ3v) is 8.30. The van der Waals surface area contributed by atoms with Crippen molar-refractivity contribution in [3.05, 3.63) is 40.2 Å². The van der Waals surface area contributed by atoms with E-state index in [4.69, 9.17) is 9.47 Å².